The molecule has 2 aromatic carbocycles. The van der Waals surface area contributed by atoms with Crippen molar-refractivity contribution in [2.24, 2.45) is 0 Å². The lowest BCUT2D eigenvalue weighted by Crippen LogP contribution is -2.07. The molecule has 2 aromatic rings. The number of aliphatic carboxylic acids is 1. The molecule has 0 saturated heterocycles. The number of hydrogen-bond donors (Lipinski definition) is 2. The minimum atomic E-state index is -0.745. The van der Waals surface area contributed by atoms with Gasteiger partial charge in [-0.15, -0.1) is 0 Å². The third-order valence-electron chi connectivity index (χ3n) is 3.85. The number of aryl methyl sites for hydroxylation is 1. The fraction of sp³-hybridized carbons (Fsp3) is 0.200. The van der Waals surface area contributed by atoms with E-state index in [1.165, 1.54) is 19.2 Å². The highest BCUT2D eigenvalue weighted by Crippen LogP contribution is 2.38. The lowest BCUT2D eigenvalue weighted by atomic mass is 9.99. The molecule has 0 radical (unpaired) electrons. The number of nitrogens with one attached hydrogen (secondary N) is 1. The largest absolute Gasteiger partial charge is 0.495 e. The van der Waals surface area contributed by atoms with Crippen molar-refractivity contribution in [2.75, 3.05) is 12.4 Å². The first-order valence-corrected chi connectivity index (χ1v) is 8.06. The van der Waals surface area contributed by atoms with E-state index in [9.17, 15) is 14.0 Å². The molecule has 1 amide bonds. The van der Waals surface area contributed by atoms with Gasteiger partial charge >= 0.3 is 5.97 Å². The summed E-state index contributed by atoms with van der Waals surface area (Å²) < 4.78 is 18.8. The molecule has 0 saturated carbocycles. The molecule has 2 N–H and O–H groups in total. The number of rotatable bonds is 3. The van der Waals surface area contributed by atoms with Crippen LogP contribution >= 0.6 is 0 Å². The molecule has 1 aliphatic rings. The first-order valence-electron chi connectivity index (χ1n) is 8.06. The van der Waals surface area contributed by atoms with Gasteiger partial charge in [-0.2, -0.15) is 0 Å². The molecule has 1 aliphatic heterocycles. The second kappa shape index (κ2) is 8.29. The predicted octanol–water partition coefficient (Wildman–Crippen LogP) is 4.08. The Morgan fingerprint density at radius 1 is 1.23 bits per heavy atom. The van der Waals surface area contributed by atoms with Crippen LogP contribution in [0.5, 0.6) is 0 Å². The van der Waals surface area contributed by atoms with Gasteiger partial charge in [-0.3, -0.25) is 9.59 Å². The van der Waals surface area contributed by atoms with Crippen molar-refractivity contribution >= 4 is 28.9 Å². The molecule has 0 fully saturated rings. The Kier molecular flexibility index (Phi) is 6.11. The quantitative estimate of drug-likeness (QED) is 0.641. The van der Waals surface area contributed by atoms with Crippen LogP contribution in [0.3, 0.4) is 0 Å². The number of fused-ring (bicyclic) bond motifs is 1. The highest BCUT2D eigenvalue weighted by Gasteiger charge is 2.29. The zero-order valence-electron chi connectivity index (χ0n) is 14.8. The molecule has 5 nitrogen and oxygen atoms in total. The summed E-state index contributed by atoms with van der Waals surface area (Å²) in [5.41, 5.74) is 3.41. The molecule has 0 aromatic heterocycles. The Hall–Kier alpha value is -3.15. The van der Waals surface area contributed by atoms with Crippen LogP contribution in [0, 0.1) is 12.7 Å². The minimum absolute atomic E-state index is 0.222. The standard InChI is InChI=1S/C17H14FNO2.C3H6O2/c1-10-5-3-4-6-12(10)16(21-2)15-13-8-7-11(18)9-14(13)19-17(15)20;1-2-3(4)5/h3-9H,1-2H3,(H,19,20);2H2,1H3,(H,4,5)/b16-15+;. The van der Waals surface area contributed by atoms with Gasteiger partial charge in [-0.1, -0.05) is 31.2 Å². The van der Waals surface area contributed by atoms with Crippen LogP contribution in [0.15, 0.2) is 42.5 Å². The normalized spacial score (nSPS) is 13.9. The van der Waals surface area contributed by atoms with Gasteiger partial charge in [0.05, 0.1) is 18.4 Å². The average Bonchev–Trinajstić information content (AvgIpc) is 2.93. The van der Waals surface area contributed by atoms with Crippen molar-refractivity contribution in [3.63, 3.8) is 0 Å². The number of carboxylic acids is 1. The van der Waals surface area contributed by atoms with Gasteiger partial charge in [0, 0.05) is 17.5 Å². The van der Waals surface area contributed by atoms with Crippen molar-refractivity contribution in [1.29, 1.82) is 0 Å². The molecular weight excluding hydrogens is 337 g/mol. The lowest BCUT2D eigenvalue weighted by molar-refractivity contribution is -0.136. The number of carboxylic acid groups (broad SMARTS) is 1. The van der Waals surface area contributed by atoms with Crippen molar-refractivity contribution in [3.05, 3.63) is 65.0 Å². The molecular formula is C20H20FNO4. The lowest BCUT2D eigenvalue weighted by Gasteiger charge is -2.12. The topological polar surface area (TPSA) is 75.6 Å². The number of halogens is 1. The third-order valence-corrected chi connectivity index (χ3v) is 3.85. The summed E-state index contributed by atoms with van der Waals surface area (Å²) in [6, 6.07) is 11.9. The second-order valence-electron chi connectivity index (χ2n) is 5.61. The summed E-state index contributed by atoms with van der Waals surface area (Å²) in [6.45, 7) is 3.55. The molecule has 0 aliphatic carbocycles. The monoisotopic (exact) mass is 357 g/mol. The van der Waals surface area contributed by atoms with Crippen molar-refractivity contribution in [1.82, 2.24) is 0 Å². The number of anilines is 1. The summed E-state index contributed by atoms with van der Waals surface area (Å²) in [5.74, 6) is -0.915. The third kappa shape index (κ3) is 4.08. The summed E-state index contributed by atoms with van der Waals surface area (Å²) in [4.78, 5) is 21.6. The van der Waals surface area contributed by atoms with Gasteiger partial charge in [-0.25, -0.2) is 4.39 Å². The van der Waals surface area contributed by atoms with Gasteiger partial charge in [0.1, 0.15) is 11.6 Å². The molecule has 3 rings (SSSR count). The maximum atomic E-state index is 13.3. The average molecular weight is 357 g/mol. The van der Waals surface area contributed by atoms with E-state index < -0.39 is 5.97 Å². The number of amides is 1. The maximum Gasteiger partial charge on any atom is 0.303 e. The Bertz CT molecular complexity index is 874. The fourth-order valence-corrected chi connectivity index (χ4v) is 2.54. The van der Waals surface area contributed by atoms with E-state index in [-0.39, 0.29) is 18.1 Å². The number of benzene rings is 2. The van der Waals surface area contributed by atoms with Gasteiger partial charge < -0.3 is 15.2 Å². The highest BCUT2D eigenvalue weighted by molar-refractivity contribution is 6.36. The van der Waals surface area contributed by atoms with E-state index in [4.69, 9.17) is 9.84 Å². The summed E-state index contributed by atoms with van der Waals surface area (Å²) in [6.07, 6.45) is 0.222. The van der Waals surface area contributed by atoms with E-state index in [0.717, 1.165) is 11.1 Å². The first-order chi connectivity index (χ1) is 12.4. The Morgan fingerprint density at radius 3 is 2.46 bits per heavy atom. The Morgan fingerprint density at radius 2 is 1.88 bits per heavy atom. The van der Waals surface area contributed by atoms with Gasteiger partial charge in [0.2, 0.25) is 0 Å². The van der Waals surface area contributed by atoms with Crippen molar-refractivity contribution in [2.45, 2.75) is 20.3 Å². The van der Waals surface area contributed by atoms with Crippen LogP contribution in [0.4, 0.5) is 10.1 Å². The molecule has 0 atom stereocenters. The molecule has 0 bridgehead atoms. The number of methoxy groups -OCH3 is 1. The van der Waals surface area contributed by atoms with Crippen LogP contribution in [-0.2, 0) is 14.3 Å². The van der Waals surface area contributed by atoms with Crippen LogP contribution < -0.4 is 5.32 Å². The van der Waals surface area contributed by atoms with Crippen molar-refractivity contribution < 1.29 is 23.8 Å². The molecule has 136 valence electrons. The van der Waals surface area contributed by atoms with Gasteiger partial charge in [-0.05, 0) is 30.7 Å². The maximum absolute atomic E-state index is 13.3. The minimum Gasteiger partial charge on any atom is -0.495 e. The SMILES string of the molecule is CCC(=O)O.CO/C(=C1/C(=O)Nc2cc(F)ccc21)c1ccccc1C. The smallest absolute Gasteiger partial charge is 0.303 e. The van der Waals surface area contributed by atoms with E-state index in [0.29, 0.717) is 22.6 Å². The molecule has 0 unspecified atom stereocenters. The van der Waals surface area contributed by atoms with E-state index in [1.54, 1.807) is 13.0 Å². The van der Waals surface area contributed by atoms with Gasteiger partial charge in [0.15, 0.2) is 0 Å². The summed E-state index contributed by atoms with van der Waals surface area (Å²) in [5, 5.41) is 10.4. The van der Waals surface area contributed by atoms with E-state index in [2.05, 4.69) is 5.32 Å². The molecule has 0 spiro atoms. The molecule has 26 heavy (non-hydrogen) atoms. The number of ether oxygens (including phenoxy) is 1. The molecule has 1 heterocycles. The Balaban J connectivity index is 0.000000431. The van der Waals surface area contributed by atoms with Crippen LogP contribution in [-0.4, -0.2) is 24.1 Å². The number of hydrogen-bond acceptors (Lipinski definition) is 3. The van der Waals surface area contributed by atoms with E-state index in [1.807, 2.05) is 31.2 Å². The Labute approximate surface area is 151 Å². The number of carbonyl (C=O) groups excluding carboxylic acids is 1. The van der Waals surface area contributed by atoms with Crippen LogP contribution in [0.2, 0.25) is 0 Å². The zero-order valence-corrected chi connectivity index (χ0v) is 14.8. The van der Waals surface area contributed by atoms with Crippen molar-refractivity contribution in [3.8, 4) is 0 Å². The summed E-state index contributed by atoms with van der Waals surface area (Å²) >= 11 is 0. The summed E-state index contributed by atoms with van der Waals surface area (Å²) in [7, 11) is 1.53. The highest BCUT2D eigenvalue weighted by atomic mass is 19.1. The van der Waals surface area contributed by atoms with Gasteiger partial charge in [0.25, 0.3) is 5.91 Å². The fourth-order valence-electron chi connectivity index (χ4n) is 2.54. The second-order valence-corrected chi connectivity index (χ2v) is 5.61. The zero-order chi connectivity index (χ0) is 19.3. The predicted molar refractivity (Wildman–Crippen MR) is 98.0 cm³/mol. The molecule has 6 heteroatoms. The van der Waals surface area contributed by atoms with E-state index >= 15 is 0 Å². The van der Waals surface area contributed by atoms with Crippen LogP contribution in [0.1, 0.15) is 30.0 Å². The first kappa shape index (κ1) is 19.2. The van der Waals surface area contributed by atoms with Crippen LogP contribution in [0.25, 0.3) is 11.3 Å². The number of carbonyl (C=O) groups is 2.